The quantitative estimate of drug-likeness (QED) is 0.421. The maximum Gasteiger partial charge on any atom is 0.255 e. The van der Waals surface area contributed by atoms with E-state index in [1.54, 1.807) is 99.4 Å². The standard InChI is InChI=1S/C26H22N4O4/c1-33-19-11-7-17(8-12-19)25(31)29-21-5-3-15-27-23(21)24-22(6-4-16-28-24)30-26(32)18-9-13-20(34-2)14-10-18/h3-16H,1-2H3,(H,29,31)(H,30,32). The topological polar surface area (TPSA) is 102 Å². The lowest BCUT2D eigenvalue weighted by Gasteiger charge is -2.14. The van der Waals surface area contributed by atoms with Crippen LogP contribution in [0.1, 0.15) is 20.7 Å². The number of aromatic nitrogens is 2. The van der Waals surface area contributed by atoms with Gasteiger partial charge in [-0.05, 0) is 72.8 Å². The first-order chi connectivity index (χ1) is 16.6. The van der Waals surface area contributed by atoms with Crippen molar-refractivity contribution in [2.75, 3.05) is 24.9 Å². The molecule has 170 valence electrons. The molecule has 0 radical (unpaired) electrons. The molecule has 4 aromatic rings. The molecule has 0 aliphatic carbocycles. The molecular formula is C26H22N4O4. The highest BCUT2D eigenvalue weighted by Gasteiger charge is 2.17. The van der Waals surface area contributed by atoms with Crippen molar-refractivity contribution in [1.82, 2.24) is 9.97 Å². The van der Waals surface area contributed by atoms with Crippen molar-refractivity contribution in [2.24, 2.45) is 0 Å². The molecule has 0 aliphatic rings. The van der Waals surface area contributed by atoms with E-state index in [9.17, 15) is 9.59 Å². The summed E-state index contributed by atoms with van der Waals surface area (Å²) in [6, 6.07) is 20.4. The van der Waals surface area contributed by atoms with Gasteiger partial charge in [-0.1, -0.05) is 0 Å². The van der Waals surface area contributed by atoms with Crippen LogP contribution in [0.3, 0.4) is 0 Å². The number of benzene rings is 2. The monoisotopic (exact) mass is 454 g/mol. The Morgan fingerprint density at radius 2 is 1.00 bits per heavy atom. The maximum atomic E-state index is 12.8. The van der Waals surface area contributed by atoms with E-state index in [1.165, 1.54) is 0 Å². The molecule has 0 atom stereocenters. The van der Waals surface area contributed by atoms with Crippen molar-refractivity contribution < 1.29 is 19.1 Å². The van der Waals surface area contributed by atoms with Gasteiger partial charge < -0.3 is 20.1 Å². The van der Waals surface area contributed by atoms with Gasteiger partial charge in [-0.3, -0.25) is 19.6 Å². The van der Waals surface area contributed by atoms with E-state index in [2.05, 4.69) is 20.6 Å². The number of ether oxygens (including phenoxy) is 2. The van der Waals surface area contributed by atoms with Crippen LogP contribution in [0.25, 0.3) is 11.4 Å². The first-order valence-electron chi connectivity index (χ1n) is 10.4. The van der Waals surface area contributed by atoms with Crippen molar-refractivity contribution in [3.05, 3.63) is 96.3 Å². The number of carbonyl (C=O) groups excluding carboxylic acids is 2. The Balaban J connectivity index is 1.60. The summed E-state index contributed by atoms with van der Waals surface area (Å²) < 4.78 is 10.3. The van der Waals surface area contributed by atoms with E-state index in [-0.39, 0.29) is 11.8 Å². The Hall–Kier alpha value is -4.72. The van der Waals surface area contributed by atoms with Crippen molar-refractivity contribution >= 4 is 23.2 Å². The number of anilines is 2. The van der Waals surface area contributed by atoms with E-state index in [1.807, 2.05) is 0 Å². The largest absolute Gasteiger partial charge is 0.497 e. The Labute approximate surface area is 196 Å². The van der Waals surface area contributed by atoms with Crippen LogP contribution in [-0.4, -0.2) is 36.0 Å². The first-order valence-corrected chi connectivity index (χ1v) is 10.4. The number of carbonyl (C=O) groups is 2. The Kier molecular flexibility index (Phi) is 6.78. The highest BCUT2D eigenvalue weighted by molar-refractivity contribution is 6.08. The summed E-state index contributed by atoms with van der Waals surface area (Å²) in [6.45, 7) is 0. The SMILES string of the molecule is COc1ccc(C(=O)Nc2cccnc2-c2ncccc2NC(=O)c2ccc(OC)cc2)cc1. The average Bonchev–Trinajstić information content (AvgIpc) is 2.89. The van der Waals surface area contributed by atoms with E-state index >= 15 is 0 Å². The van der Waals surface area contributed by atoms with Gasteiger partial charge in [-0.2, -0.15) is 0 Å². The molecule has 8 nitrogen and oxygen atoms in total. The van der Waals surface area contributed by atoms with Crippen LogP contribution in [0.15, 0.2) is 85.2 Å². The summed E-state index contributed by atoms with van der Waals surface area (Å²) in [7, 11) is 3.13. The first kappa shape index (κ1) is 22.5. The van der Waals surface area contributed by atoms with Crippen molar-refractivity contribution in [2.45, 2.75) is 0 Å². The number of methoxy groups -OCH3 is 2. The van der Waals surface area contributed by atoms with Gasteiger partial charge in [0, 0.05) is 23.5 Å². The molecule has 0 aliphatic heterocycles. The third-order valence-electron chi connectivity index (χ3n) is 5.04. The van der Waals surface area contributed by atoms with Crippen molar-refractivity contribution in [3.8, 4) is 22.9 Å². The highest BCUT2D eigenvalue weighted by Crippen LogP contribution is 2.30. The summed E-state index contributed by atoms with van der Waals surface area (Å²) in [5, 5.41) is 5.76. The third-order valence-corrected chi connectivity index (χ3v) is 5.04. The molecule has 4 rings (SSSR count). The number of pyridine rings is 2. The fourth-order valence-electron chi connectivity index (χ4n) is 3.26. The molecule has 8 heteroatoms. The number of nitrogens with one attached hydrogen (secondary N) is 2. The number of nitrogens with zero attached hydrogens (tertiary/aromatic N) is 2. The van der Waals surface area contributed by atoms with Crippen LogP contribution < -0.4 is 20.1 Å². The van der Waals surface area contributed by atoms with Crippen LogP contribution in [0, 0.1) is 0 Å². The zero-order chi connectivity index (χ0) is 23.9. The van der Waals surface area contributed by atoms with E-state index < -0.39 is 0 Å². The molecule has 2 aromatic heterocycles. The van der Waals surface area contributed by atoms with Gasteiger partial charge in [0.1, 0.15) is 22.9 Å². The molecule has 0 saturated heterocycles. The zero-order valence-electron chi connectivity index (χ0n) is 18.6. The Bertz CT molecular complexity index is 1200. The third kappa shape index (κ3) is 5.02. The normalized spacial score (nSPS) is 10.3. The van der Waals surface area contributed by atoms with Crippen molar-refractivity contribution in [3.63, 3.8) is 0 Å². The second-order valence-electron chi connectivity index (χ2n) is 7.16. The molecule has 0 unspecified atom stereocenters. The van der Waals surface area contributed by atoms with E-state index in [0.29, 0.717) is 45.4 Å². The number of rotatable bonds is 7. The predicted octanol–water partition coefficient (Wildman–Crippen LogP) is 4.67. The van der Waals surface area contributed by atoms with Crippen LogP contribution >= 0.6 is 0 Å². The second kappa shape index (κ2) is 10.3. The smallest absolute Gasteiger partial charge is 0.255 e. The summed E-state index contributed by atoms with van der Waals surface area (Å²) >= 11 is 0. The van der Waals surface area contributed by atoms with Gasteiger partial charge in [0.15, 0.2) is 0 Å². The van der Waals surface area contributed by atoms with E-state index in [4.69, 9.17) is 9.47 Å². The highest BCUT2D eigenvalue weighted by atomic mass is 16.5. The summed E-state index contributed by atoms with van der Waals surface area (Å²) in [5.41, 5.74) is 2.70. The number of amides is 2. The molecule has 2 N–H and O–H groups in total. The van der Waals surface area contributed by atoms with Gasteiger partial charge in [0.05, 0.1) is 25.6 Å². The average molecular weight is 454 g/mol. The van der Waals surface area contributed by atoms with Gasteiger partial charge in [0.25, 0.3) is 11.8 Å². The predicted molar refractivity (Wildman–Crippen MR) is 129 cm³/mol. The maximum absolute atomic E-state index is 12.8. The van der Waals surface area contributed by atoms with Gasteiger partial charge in [0.2, 0.25) is 0 Å². The van der Waals surface area contributed by atoms with Crippen molar-refractivity contribution in [1.29, 1.82) is 0 Å². The molecular weight excluding hydrogens is 432 g/mol. The lowest BCUT2D eigenvalue weighted by atomic mass is 10.1. The summed E-state index contributed by atoms with van der Waals surface area (Å²) in [5.74, 6) is 0.696. The minimum atomic E-state index is -0.309. The fourth-order valence-corrected chi connectivity index (χ4v) is 3.26. The minimum Gasteiger partial charge on any atom is -0.497 e. The second-order valence-corrected chi connectivity index (χ2v) is 7.16. The van der Waals surface area contributed by atoms with Gasteiger partial charge in [-0.15, -0.1) is 0 Å². The molecule has 2 aromatic carbocycles. The van der Waals surface area contributed by atoms with Gasteiger partial charge >= 0.3 is 0 Å². The number of hydrogen-bond acceptors (Lipinski definition) is 6. The Morgan fingerprint density at radius 1 is 0.618 bits per heavy atom. The summed E-state index contributed by atoms with van der Waals surface area (Å²) in [6.07, 6.45) is 3.20. The van der Waals surface area contributed by atoms with E-state index in [0.717, 1.165) is 0 Å². The molecule has 34 heavy (non-hydrogen) atoms. The van der Waals surface area contributed by atoms with Crippen LogP contribution in [-0.2, 0) is 0 Å². The molecule has 0 bridgehead atoms. The van der Waals surface area contributed by atoms with Crippen LogP contribution in [0.5, 0.6) is 11.5 Å². The Morgan fingerprint density at radius 3 is 1.35 bits per heavy atom. The van der Waals surface area contributed by atoms with Gasteiger partial charge in [-0.25, -0.2) is 0 Å². The lowest BCUT2D eigenvalue weighted by molar-refractivity contribution is 0.101. The van der Waals surface area contributed by atoms with Crippen LogP contribution in [0.4, 0.5) is 11.4 Å². The molecule has 0 fully saturated rings. The lowest BCUT2D eigenvalue weighted by Crippen LogP contribution is -2.15. The molecule has 2 heterocycles. The number of hydrogen-bond donors (Lipinski definition) is 2. The molecule has 0 spiro atoms. The molecule has 2 amide bonds. The minimum absolute atomic E-state index is 0.309. The molecule has 0 saturated carbocycles. The zero-order valence-corrected chi connectivity index (χ0v) is 18.6. The fraction of sp³-hybridized carbons (Fsp3) is 0.0769. The summed E-state index contributed by atoms with van der Waals surface area (Å²) in [4.78, 5) is 34.5. The van der Waals surface area contributed by atoms with Crippen LogP contribution in [0.2, 0.25) is 0 Å².